The molecule has 2 fully saturated rings. The topological polar surface area (TPSA) is 29.5 Å². The number of hydrogen-bond donors (Lipinski definition) is 1. The predicted octanol–water partition coefficient (Wildman–Crippen LogP) is 4.62. The Balaban J connectivity index is 1.81. The molecule has 0 spiro atoms. The van der Waals surface area contributed by atoms with Crippen LogP contribution in [0.25, 0.3) is 0 Å². The third-order valence-electron chi connectivity index (χ3n) is 5.92. The van der Waals surface area contributed by atoms with Gasteiger partial charge >= 0.3 is 0 Å². The highest BCUT2D eigenvalue weighted by atomic mass is 16.6. The molecule has 1 N–H and O–H groups in total. The van der Waals surface area contributed by atoms with E-state index in [0.29, 0.717) is 18.4 Å². The van der Waals surface area contributed by atoms with E-state index >= 15 is 0 Å². The smallest absolute Gasteiger partial charge is 0.161 e. The van der Waals surface area contributed by atoms with Crippen LogP contribution in [0.15, 0.2) is 34.9 Å². The summed E-state index contributed by atoms with van der Waals surface area (Å²) in [5, 5.41) is 10.4. The highest BCUT2D eigenvalue weighted by molar-refractivity contribution is 5.21. The Labute approximate surface area is 134 Å². The summed E-state index contributed by atoms with van der Waals surface area (Å²) in [6, 6.07) is 0. The van der Waals surface area contributed by atoms with Crippen molar-refractivity contribution in [1.29, 1.82) is 0 Å². The molecule has 0 bridgehead atoms. The van der Waals surface area contributed by atoms with E-state index in [1.54, 1.807) is 0 Å². The fourth-order valence-electron chi connectivity index (χ4n) is 4.83. The predicted molar refractivity (Wildman–Crippen MR) is 90.3 cm³/mol. The fraction of sp³-hybridized carbons (Fsp3) is 0.700. The van der Waals surface area contributed by atoms with E-state index in [1.807, 2.05) is 0 Å². The number of ether oxygens (including phenoxy) is 1. The molecule has 0 aromatic heterocycles. The molecule has 5 atom stereocenters. The Morgan fingerprint density at radius 2 is 2.05 bits per heavy atom. The van der Waals surface area contributed by atoms with Gasteiger partial charge in [-0.15, -0.1) is 0 Å². The van der Waals surface area contributed by atoms with Crippen LogP contribution in [0.4, 0.5) is 0 Å². The molecule has 1 saturated heterocycles. The van der Waals surface area contributed by atoms with Gasteiger partial charge in [-0.1, -0.05) is 29.4 Å². The van der Waals surface area contributed by atoms with E-state index in [1.165, 1.54) is 36.0 Å². The summed E-state index contributed by atoms with van der Waals surface area (Å²) in [6.45, 7) is 7.25. The van der Waals surface area contributed by atoms with Crippen molar-refractivity contribution in [3.63, 3.8) is 0 Å². The minimum atomic E-state index is -0.581. The zero-order valence-corrected chi connectivity index (χ0v) is 14.2. The summed E-state index contributed by atoms with van der Waals surface area (Å²) in [6.07, 6.45) is 12.5. The van der Waals surface area contributed by atoms with E-state index in [4.69, 9.17) is 4.74 Å². The van der Waals surface area contributed by atoms with Crippen LogP contribution in [0.3, 0.4) is 0 Å². The van der Waals surface area contributed by atoms with Gasteiger partial charge in [-0.25, -0.2) is 0 Å². The van der Waals surface area contributed by atoms with Crippen LogP contribution >= 0.6 is 0 Å². The van der Waals surface area contributed by atoms with Crippen LogP contribution < -0.4 is 0 Å². The molecule has 0 amide bonds. The molecule has 122 valence electrons. The Morgan fingerprint density at radius 3 is 2.82 bits per heavy atom. The van der Waals surface area contributed by atoms with Crippen molar-refractivity contribution in [3.8, 4) is 0 Å². The summed E-state index contributed by atoms with van der Waals surface area (Å²) in [5.74, 6) is 2.20. The maximum Gasteiger partial charge on any atom is 0.161 e. The minimum Gasteiger partial charge on any atom is -0.367 e. The molecule has 3 rings (SSSR count). The van der Waals surface area contributed by atoms with Gasteiger partial charge in [0.25, 0.3) is 0 Å². The zero-order chi connectivity index (χ0) is 15.7. The normalized spacial score (nSPS) is 38.1. The van der Waals surface area contributed by atoms with Crippen molar-refractivity contribution >= 4 is 0 Å². The van der Waals surface area contributed by atoms with Gasteiger partial charge in [0, 0.05) is 5.92 Å². The average molecular weight is 302 g/mol. The van der Waals surface area contributed by atoms with E-state index < -0.39 is 6.29 Å². The summed E-state index contributed by atoms with van der Waals surface area (Å²) in [5.41, 5.74) is 4.27. The van der Waals surface area contributed by atoms with Gasteiger partial charge in [0.2, 0.25) is 0 Å². The molecule has 2 heteroatoms. The van der Waals surface area contributed by atoms with Crippen molar-refractivity contribution < 1.29 is 9.84 Å². The number of allylic oxidation sites excluding steroid dienone is 5. The van der Waals surface area contributed by atoms with E-state index in [-0.39, 0.29) is 5.92 Å². The third-order valence-corrected chi connectivity index (χ3v) is 5.92. The highest BCUT2D eigenvalue weighted by Gasteiger charge is 2.48. The largest absolute Gasteiger partial charge is 0.367 e. The molecule has 1 aliphatic heterocycles. The lowest BCUT2D eigenvalue weighted by Gasteiger charge is -2.31. The molecule has 3 aliphatic rings. The number of fused-ring (bicyclic) bond motifs is 3. The van der Waals surface area contributed by atoms with Gasteiger partial charge in [-0.05, 0) is 76.2 Å². The monoisotopic (exact) mass is 302 g/mol. The molecule has 0 aromatic rings. The van der Waals surface area contributed by atoms with E-state index in [9.17, 15) is 5.11 Å². The summed E-state index contributed by atoms with van der Waals surface area (Å²) in [4.78, 5) is 0. The second-order valence-electron chi connectivity index (χ2n) is 7.57. The lowest BCUT2D eigenvalue weighted by atomic mass is 9.74. The first-order valence-electron chi connectivity index (χ1n) is 8.86. The number of hydrogen-bond acceptors (Lipinski definition) is 2. The molecular formula is C20H30O2. The van der Waals surface area contributed by atoms with Crippen molar-refractivity contribution in [2.45, 2.75) is 59.2 Å². The van der Waals surface area contributed by atoms with E-state index in [2.05, 4.69) is 39.0 Å². The third kappa shape index (κ3) is 3.09. The lowest BCUT2D eigenvalue weighted by molar-refractivity contribution is -0.0981. The van der Waals surface area contributed by atoms with Gasteiger partial charge < -0.3 is 9.84 Å². The van der Waals surface area contributed by atoms with Crippen molar-refractivity contribution in [2.24, 2.45) is 23.7 Å². The van der Waals surface area contributed by atoms with Gasteiger partial charge in [-0.3, -0.25) is 0 Å². The SMILES string of the molecule is CC(C)=CC/C=C(/C)[C@@H]1CC[C@@H]2CCC=C3CO[C@H](O)[C@@H]3[C@H]21. The van der Waals surface area contributed by atoms with Crippen LogP contribution in [0, 0.1) is 23.7 Å². The zero-order valence-electron chi connectivity index (χ0n) is 14.2. The van der Waals surface area contributed by atoms with E-state index in [0.717, 1.165) is 18.8 Å². The number of aliphatic hydroxyl groups is 1. The second-order valence-corrected chi connectivity index (χ2v) is 7.57. The Kier molecular flexibility index (Phi) is 4.89. The maximum atomic E-state index is 10.4. The average Bonchev–Trinajstić information content (AvgIpc) is 2.97. The number of aliphatic hydroxyl groups excluding tert-OH is 1. The van der Waals surface area contributed by atoms with Gasteiger partial charge in [0.05, 0.1) is 6.61 Å². The molecule has 22 heavy (non-hydrogen) atoms. The number of rotatable bonds is 3. The first-order valence-corrected chi connectivity index (χ1v) is 8.86. The molecular weight excluding hydrogens is 272 g/mol. The molecule has 0 unspecified atom stereocenters. The van der Waals surface area contributed by atoms with Crippen LogP contribution in [0.2, 0.25) is 0 Å². The van der Waals surface area contributed by atoms with Gasteiger partial charge in [-0.2, -0.15) is 0 Å². The van der Waals surface area contributed by atoms with Gasteiger partial charge in [0.15, 0.2) is 6.29 Å². The van der Waals surface area contributed by atoms with Crippen LogP contribution in [-0.4, -0.2) is 18.0 Å². The molecule has 0 aromatic carbocycles. The van der Waals surface area contributed by atoms with Crippen molar-refractivity contribution in [2.75, 3.05) is 6.61 Å². The molecule has 2 nitrogen and oxygen atoms in total. The molecule has 1 saturated carbocycles. The van der Waals surface area contributed by atoms with Crippen LogP contribution in [-0.2, 0) is 4.74 Å². The molecule has 0 radical (unpaired) electrons. The second kappa shape index (κ2) is 6.72. The summed E-state index contributed by atoms with van der Waals surface area (Å²) < 4.78 is 5.56. The Morgan fingerprint density at radius 1 is 1.23 bits per heavy atom. The fourth-order valence-corrected chi connectivity index (χ4v) is 4.83. The quantitative estimate of drug-likeness (QED) is 0.771. The Bertz CT molecular complexity index is 496. The van der Waals surface area contributed by atoms with Crippen LogP contribution in [0.5, 0.6) is 0 Å². The molecule has 2 aliphatic carbocycles. The lowest BCUT2D eigenvalue weighted by Crippen LogP contribution is -2.31. The highest BCUT2D eigenvalue weighted by Crippen LogP contribution is 2.52. The van der Waals surface area contributed by atoms with Crippen molar-refractivity contribution in [1.82, 2.24) is 0 Å². The first kappa shape index (κ1) is 16.0. The minimum absolute atomic E-state index is 0.242. The summed E-state index contributed by atoms with van der Waals surface area (Å²) in [7, 11) is 0. The maximum absolute atomic E-state index is 10.4. The molecule has 1 heterocycles. The van der Waals surface area contributed by atoms with Crippen LogP contribution in [0.1, 0.15) is 52.9 Å². The van der Waals surface area contributed by atoms with Crippen molar-refractivity contribution in [3.05, 3.63) is 34.9 Å². The first-order chi connectivity index (χ1) is 10.6. The summed E-state index contributed by atoms with van der Waals surface area (Å²) >= 11 is 0. The standard InChI is InChI=1S/C20H30O2/c1-13(2)6-4-7-14(3)17-11-10-15-8-5-9-16-12-22-20(21)19(16)18(15)17/h6-7,9,15,17-21H,4-5,8,10-12H2,1-3H3/b14-7-/t15-,17-,18+,19-,20-/m0/s1. The van der Waals surface area contributed by atoms with Gasteiger partial charge in [0.1, 0.15) is 0 Å². The Hall–Kier alpha value is -0.860.